The van der Waals surface area contributed by atoms with Gasteiger partial charge in [-0.05, 0) is 51.9 Å². The predicted molar refractivity (Wildman–Crippen MR) is 126 cm³/mol. The number of carbonyl (C=O) groups excluding carboxylic acids is 3. The summed E-state index contributed by atoms with van der Waals surface area (Å²) >= 11 is 0.775. The van der Waals surface area contributed by atoms with Crippen LogP contribution in [0.4, 0.5) is 4.79 Å². The highest BCUT2D eigenvalue weighted by Gasteiger charge is 2.36. The van der Waals surface area contributed by atoms with Gasteiger partial charge in [-0.1, -0.05) is 48.5 Å². The van der Waals surface area contributed by atoms with Crippen LogP contribution in [0.25, 0.3) is 16.8 Å². The van der Waals surface area contributed by atoms with Crippen molar-refractivity contribution in [1.82, 2.24) is 4.90 Å². The number of hydrogen-bond acceptors (Lipinski definition) is 7. The number of amides is 2. The average Bonchev–Trinajstić information content (AvgIpc) is 3.09. The van der Waals surface area contributed by atoms with Crippen molar-refractivity contribution < 1.29 is 28.6 Å². The molecule has 3 aromatic rings. The first-order valence-electron chi connectivity index (χ1n) is 10.1. The SMILES string of the molecule is COC(=O)CN1C(=O)S/C(=C\c2ccc(OC)c(OCc3cccc4ccccc34)c2)C1=O. The second-order valence-corrected chi connectivity index (χ2v) is 8.17. The molecule has 2 amide bonds. The molecule has 3 aromatic carbocycles. The lowest BCUT2D eigenvalue weighted by Crippen LogP contribution is -2.34. The zero-order valence-electron chi connectivity index (χ0n) is 18.1. The van der Waals surface area contributed by atoms with E-state index in [0.717, 1.165) is 33.0 Å². The fraction of sp³-hybridized carbons (Fsp3) is 0.160. The molecule has 1 saturated heterocycles. The van der Waals surface area contributed by atoms with Crippen LogP contribution in [0.5, 0.6) is 11.5 Å². The first-order valence-corrected chi connectivity index (χ1v) is 10.9. The van der Waals surface area contributed by atoms with Gasteiger partial charge in [0.2, 0.25) is 0 Å². The quantitative estimate of drug-likeness (QED) is 0.373. The van der Waals surface area contributed by atoms with E-state index >= 15 is 0 Å². The fourth-order valence-corrected chi connectivity index (χ4v) is 4.29. The molecule has 1 fully saturated rings. The van der Waals surface area contributed by atoms with E-state index in [9.17, 15) is 14.4 Å². The lowest BCUT2D eigenvalue weighted by Gasteiger charge is -2.13. The Morgan fingerprint density at radius 1 is 1.00 bits per heavy atom. The van der Waals surface area contributed by atoms with E-state index in [1.807, 2.05) is 42.5 Å². The molecular weight excluding hydrogens is 442 g/mol. The lowest BCUT2D eigenvalue weighted by molar-refractivity contribution is -0.143. The number of carbonyl (C=O) groups is 3. The lowest BCUT2D eigenvalue weighted by atomic mass is 10.1. The molecular formula is C25H21NO6S. The Balaban J connectivity index is 1.56. The summed E-state index contributed by atoms with van der Waals surface area (Å²) in [6.07, 6.45) is 1.59. The summed E-state index contributed by atoms with van der Waals surface area (Å²) in [6.45, 7) is -0.0860. The number of rotatable bonds is 7. The Morgan fingerprint density at radius 3 is 2.58 bits per heavy atom. The van der Waals surface area contributed by atoms with Gasteiger partial charge in [-0.15, -0.1) is 0 Å². The Hall–Kier alpha value is -3.78. The van der Waals surface area contributed by atoms with Crippen LogP contribution >= 0.6 is 11.8 Å². The Morgan fingerprint density at radius 2 is 1.79 bits per heavy atom. The Labute approximate surface area is 194 Å². The van der Waals surface area contributed by atoms with Crippen molar-refractivity contribution in [3.05, 3.63) is 76.7 Å². The van der Waals surface area contributed by atoms with E-state index in [4.69, 9.17) is 9.47 Å². The highest BCUT2D eigenvalue weighted by atomic mass is 32.2. The summed E-state index contributed by atoms with van der Waals surface area (Å²) < 4.78 is 16.1. The van der Waals surface area contributed by atoms with Crippen molar-refractivity contribution in [2.24, 2.45) is 0 Å². The second-order valence-electron chi connectivity index (χ2n) is 7.18. The summed E-state index contributed by atoms with van der Waals surface area (Å²) in [4.78, 5) is 37.3. The van der Waals surface area contributed by atoms with Gasteiger partial charge in [0.15, 0.2) is 11.5 Å². The van der Waals surface area contributed by atoms with Crippen molar-refractivity contribution in [3.8, 4) is 11.5 Å². The van der Waals surface area contributed by atoms with Gasteiger partial charge < -0.3 is 14.2 Å². The monoisotopic (exact) mass is 463 g/mol. The Kier molecular flexibility index (Phi) is 6.65. The molecule has 7 nitrogen and oxygen atoms in total. The van der Waals surface area contributed by atoms with Crippen molar-refractivity contribution in [2.75, 3.05) is 20.8 Å². The molecule has 168 valence electrons. The van der Waals surface area contributed by atoms with Crippen molar-refractivity contribution in [1.29, 1.82) is 0 Å². The van der Waals surface area contributed by atoms with Gasteiger partial charge in [-0.25, -0.2) is 0 Å². The number of hydrogen-bond donors (Lipinski definition) is 0. The highest BCUT2D eigenvalue weighted by molar-refractivity contribution is 8.18. The molecule has 0 aliphatic carbocycles. The molecule has 0 saturated carbocycles. The fourth-order valence-electron chi connectivity index (χ4n) is 3.45. The number of benzene rings is 3. The number of nitrogens with zero attached hydrogens (tertiary/aromatic N) is 1. The van der Waals surface area contributed by atoms with Crippen LogP contribution in [-0.2, 0) is 20.9 Å². The minimum atomic E-state index is -0.660. The van der Waals surface area contributed by atoms with Gasteiger partial charge in [-0.3, -0.25) is 19.3 Å². The molecule has 0 atom stereocenters. The standard InChI is InChI=1S/C25H21NO6S/c1-30-20-11-10-16(13-22-24(28)26(25(29)33-22)14-23(27)31-2)12-21(20)32-15-18-8-5-7-17-6-3-4-9-19(17)18/h3-13H,14-15H2,1-2H3/b22-13-. The summed E-state index contributed by atoms with van der Waals surface area (Å²) in [7, 11) is 2.76. The maximum atomic E-state index is 12.6. The van der Waals surface area contributed by atoms with Crippen molar-refractivity contribution >= 4 is 45.7 Å². The molecule has 0 N–H and O–H groups in total. The molecule has 0 aromatic heterocycles. The largest absolute Gasteiger partial charge is 0.493 e. The van der Waals surface area contributed by atoms with Crippen LogP contribution in [0, 0.1) is 0 Å². The van der Waals surface area contributed by atoms with Crippen LogP contribution in [-0.4, -0.2) is 42.8 Å². The van der Waals surface area contributed by atoms with Gasteiger partial charge >= 0.3 is 5.97 Å². The molecule has 4 rings (SSSR count). The first kappa shape index (κ1) is 22.4. The Bertz CT molecular complexity index is 1260. The summed E-state index contributed by atoms with van der Waals surface area (Å²) in [5.41, 5.74) is 1.69. The minimum Gasteiger partial charge on any atom is -0.493 e. The average molecular weight is 464 g/mol. The van der Waals surface area contributed by atoms with Gasteiger partial charge in [0.25, 0.3) is 11.1 Å². The summed E-state index contributed by atoms with van der Waals surface area (Å²) in [5, 5.41) is 1.72. The molecule has 8 heteroatoms. The molecule has 0 radical (unpaired) electrons. The molecule has 0 unspecified atom stereocenters. The molecule has 33 heavy (non-hydrogen) atoms. The van der Waals surface area contributed by atoms with E-state index in [0.29, 0.717) is 23.7 Å². The first-order chi connectivity index (χ1) is 16.0. The van der Waals surface area contributed by atoms with E-state index < -0.39 is 23.7 Å². The molecule has 1 aliphatic rings. The van der Waals surface area contributed by atoms with Gasteiger partial charge in [0.1, 0.15) is 13.2 Å². The number of ether oxygens (including phenoxy) is 3. The van der Waals surface area contributed by atoms with E-state index in [1.165, 1.54) is 7.11 Å². The van der Waals surface area contributed by atoms with Crippen LogP contribution in [0.2, 0.25) is 0 Å². The van der Waals surface area contributed by atoms with E-state index in [2.05, 4.69) is 4.74 Å². The maximum absolute atomic E-state index is 12.6. The van der Waals surface area contributed by atoms with E-state index in [-0.39, 0.29) is 4.91 Å². The zero-order chi connectivity index (χ0) is 23.4. The van der Waals surface area contributed by atoms with Crippen LogP contribution < -0.4 is 9.47 Å². The highest BCUT2D eigenvalue weighted by Crippen LogP contribution is 2.35. The summed E-state index contributed by atoms with van der Waals surface area (Å²) in [5.74, 6) is -0.143. The normalized spacial score (nSPS) is 14.7. The van der Waals surface area contributed by atoms with Crippen LogP contribution in [0.1, 0.15) is 11.1 Å². The van der Waals surface area contributed by atoms with Crippen molar-refractivity contribution in [2.45, 2.75) is 6.61 Å². The number of fused-ring (bicyclic) bond motifs is 1. The zero-order valence-corrected chi connectivity index (χ0v) is 18.9. The number of esters is 1. The van der Waals surface area contributed by atoms with Gasteiger partial charge in [-0.2, -0.15) is 0 Å². The third kappa shape index (κ3) is 4.85. The maximum Gasteiger partial charge on any atom is 0.325 e. The van der Waals surface area contributed by atoms with Crippen LogP contribution in [0.15, 0.2) is 65.6 Å². The van der Waals surface area contributed by atoms with Crippen LogP contribution in [0.3, 0.4) is 0 Å². The molecule has 1 aliphatic heterocycles. The number of thioether (sulfide) groups is 1. The third-order valence-electron chi connectivity index (χ3n) is 5.14. The second kappa shape index (κ2) is 9.79. The third-order valence-corrected chi connectivity index (χ3v) is 6.04. The van der Waals surface area contributed by atoms with Gasteiger partial charge in [0, 0.05) is 0 Å². The minimum absolute atomic E-state index is 0.217. The molecule has 1 heterocycles. The number of methoxy groups -OCH3 is 2. The summed E-state index contributed by atoms with van der Waals surface area (Å²) in [6, 6.07) is 19.4. The smallest absolute Gasteiger partial charge is 0.325 e. The molecule has 0 spiro atoms. The predicted octanol–water partition coefficient (Wildman–Crippen LogP) is 4.64. The van der Waals surface area contributed by atoms with E-state index in [1.54, 1.807) is 31.4 Å². The number of imide groups is 1. The topological polar surface area (TPSA) is 82.1 Å². The molecule has 0 bridgehead atoms. The van der Waals surface area contributed by atoms with Crippen molar-refractivity contribution in [3.63, 3.8) is 0 Å². The van der Waals surface area contributed by atoms with Gasteiger partial charge in [0.05, 0.1) is 19.1 Å².